The monoisotopic (exact) mass is 214 g/mol. The maximum Gasteiger partial charge on any atom is 0.156 e. The summed E-state index contributed by atoms with van der Waals surface area (Å²) < 4.78 is 0. The van der Waals surface area contributed by atoms with Gasteiger partial charge >= 0.3 is 0 Å². The van der Waals surface area contributed by atoms with Crippen LogP contribution in [-0.4, -0.2) is 10.2 Å². The zero-order valence-electron chi connectivity index (χ0n) is 7.31. The molecule has 0 bridgehead atoms. The van der Waals surface area contributed by atoms with E-state index in [4.69, 9.17) is 29.6 Å². The molecule has 0 amide bonds. The van der Waals surface area contributed by atoms with Crippen molar-refractivity contribution in [3.05, 3.63) is 21.9 Å². The van der Waals surface area contributed by atoms with E-state index in [9.17, 15) is 0 Å². The van der Waals surface area contributed by atoms with Crippen LogP contribution in [0.15, 0.2) is 6.07 Å². The van der Waals surface area contributed by atoms with Crippen LogP contribution in [0.2, 0.25) is 10.3 Å². The molecule has 1 rings (SSSR count). The molecule has 0 fully saturated rings. The van der Waals surface area contributed by atoms with Crippen LogP contribution in [-0.2, 0) is 5.41 Å². The van der Waals surface area contributed by atoms with Gasteiger partial charge in [-0.05, 0) is 19.9 Å². The molecular formula is C9H8Cl2N2. The van der Waals surface area contributed by atoms with E-state index >= 15 is 0 Å². The summed E-state index contributed by atoms with van der Waals surface area (Å²) in [6, 6.07) is 1.64. The van der Waals surface area contributed by atoms with Gasteiger partial charge in [0.2, 0.25) is 0 Å². The Morgan fingerprint density at radius 2 is 2.00 bits per heavy atom. The maximum atomic E-state index is 5.83. The number of aromatic nitrogens is 2. The fourth-order valence-electron chi connectivity index (χ4n) is 0.869. The van der Waals surface area contributed by atoms with Gasteiger partial charge in [0, 0.05) is 5.56 Å². The van der Waals surface area contributed by atoms with Crippen molar-refractivity contribution in [3.8, 4) is 12.3 Å². The Labute approximate surface area is 87.3 Å². The first-order chi connectivity index (χ1) is 5.97. The zero-order valence-corrected chi connectivity index (χ0v) is 8.82. The number of rotatable bonds is 1. The summed E-state index contributed by atoms with van der Waals surface area (Å²) in [5, 5.41) is 7.88. The van der Waals surface area contributed by atoms with Gasteiger partial charge in [0.15, 0.2) is 10.3 Å². The Balaban J connectivity index is 3.30. The van der Waals surface area contributed by atoms with E-state index in [2.05, 4.69) is 16.1 Å². The average Bonchev–Trinajstić information content (AvgIpc) is 2.09. The lowest BCUT2D eigenvalue weighted by molar-refractivity contribution is 0.690. The number of hydrogen-bond donors (Lipinski definition) is 0. The lowest BCUT2D eigenvalue weighted by Crippen LogP contribution is -2.15. The Hall–Kier alpha value is -0.780. The molecule has 0 aliphatic heterocycles. The second-order valence-corrected chi connectivity index (χ2v) is 3.89. The van der Waals surface area contributed by atoms with Gasteiger partial charge < -0.3 is 0 Å². The van der Waals surface area contributed by atoms with Gasteiger partial charge in [0.1, 0.15) is 0 Å². The van der Waals surface area contributed by atoms with E-state index in [0.29, 0.717) is 10.3 Å². The first-order valence-corrected chi connectivity index (χ1v) is 4.40. The Morgan fingerprint density at radius 1 is 1.38 bits per heavy atom. The maximum absolute atomic E-state index is 5.83. The van der Waals surface area contributed by atoms with Crippen LogP contribution in [0.25, 0.3) is 0 Å². The summed E-state index contributed by atoms with van der Waals surface area (Å²) in [6.07, 6.45) is 5.36. The third kappa shape index (κ3) is 2.12. The predicted octanol–water partition coefficient (Wildman–Crippen LogP) is 2.69. The largest absolute Gasteiger partial charge is 0.156 e. The van der Waals surface area contributed by atoms with Gasteiger partial charge in [-0.2, -0.15) is 0 Å². The third-order valence-electron chi connectivity index (χ3n) is 1.75. The van der Waals surface area contributed by atoms with Gasteiger partial charge in [-0.25, -0.2) is 0 Å². The molecule has 0 saturated heterocycles. The molecule has 0 N–H and O–H groups in total. The minimum atomic E-state index is -0.476. The molecule has 0 aliphatic rings. The Bertz CT molecular complexity index is 366. The highest BCUT2D eigenvalue weighted by atomic mass is 35.5. The molecule has 0 radical (unpaired) electrons. The summed E-state index contributed by atoms with van der Waals surface area (Å²) in [5.74, 6) is 2.61. The molecule has 68 valence electrons. The van der Waals surface area contributed by atoms with Crippen molar-refractivity contribution in [1.29, 1.82) is 0 Å². The zero-order chi connectivity index (χ0) is 10.1. The molecule has 4 heteroatoms. The van der Waals surface area contributed by atoms with Crippen molar-refractivity contribution in [1.82, 2.24) is 10.2 Å². The van der Waals surface area contributed by atoms with Crippen molar-refractivity contribution in [2.75, 3.05) is 0 Å². The molecule has 0 atom stereocenters. The lowest BCUT2D eigenvalue weighted by atomic mass is 9.87. The molecule has 13 heavy (non-hydrogen) atoms. The molecule has 0 saturated carbocycles. The quantitative estimate of drug-likeness (QED) is 0.673. The van der Waals surface area contributed by atoms with Gasteiger partial charge in [0.25, 0.3) is 0 Å². The fourth-order valence-corrected chi connectivity index (χ4v) is 1.34. The van der Waals surface area contributed by atoms with Crippen LogP contribution in [0.4, 0.5) is 0 Å². The van der Waals surface area contributed by atoms with Crippen LogP contribution in [0, 0.1) is 12.3 Å². The molecule has 0 aliphatic carbocycles. The summed E-state index contributed by atoms with van der Waals surface area (Å²) >= 11 is 11.5. The number of nitrogens with zero attached hydrogens (tertiary/aromatic N) is 2. The molecule has 2 nitrogen and oxygen atoms in total. The molecule has 0 aromatic carbocycles. The topological polar surface area (TPSA) is 25.8 Å². The van der Waals surface area contributed by atoms with Crippen molar-refractivity contribution >= 4 is 23.2 Å². The van der Waals surface area contributed by atoms with Crippen molar-refractivity contribution in [2.24, 2.45) is 0 Å². The summed E-state index contributed by atoms with van der Waals surface area (Å²) in [5.41, 5.74) is 0.244. The first-order valence-electron chi connectivity index (χ1n) is 3.64. The summed E-state index contributed by atoms with van der Waals surface area (Å²) in [6.45, 7) is 3.73. The second kappa shape index (κ2) is 3.53. The highest BCUT2D eigenvalue weighted by Gasteiger charge is 2.22. The highest BCUT2D eigenvalue weighted by molar-refractivity contribution is 6.31. The first kappa shape index (κ1) is 10.3. The standard InChI is InChI=1S/C9H8Cl2N2/c1-4-9(2,3)6-5-7(10)12-13-8(6)11/h1,5H,2-3H3. The minimum absolute atomic E-state index is 0.294. The molecule has 0 unspecified atom stereocenters. The lowest BCUT2D eigenvalue weighted by Gasteiger charge is -2.18. The number of terminal acetylenes is 1. The predicted molar refractivity (Wildman–Crippen MR) is 53.9 cm³/mol. The SMILES string of the molecule is C#CC(C)(C)c1cc(Cl)nnc1Cl. The van der Waals surface area contributed by atoms with Gasteiger partial charge in [-0.15, -0.1) is 16.6 Å². The molecule has 1 aromatic rings. The summed E-state index contributed by atoms with van der Waals surface area (Å²) in [4.78, 5) is 0. The van der Waals surface area contributed by atoms with Crippen LogP contribution < -0.4 is 0 Å². The van der Waals surface area contributed by atoms with Gasteiger partial charge in [0.05, 0.1) is 5.41 Å². The second-order valence-electron chi connectivity index (χ2n) is 3.14. The summed E-state index contributed by atoms with van der Waals surface area (Å²) in [7, 11) is 0. The van der Waals surface area contributed by atoms with Crippen molar-refractivity contribution < 1.29 is 0 Å². The van der Waals surface area contributed by atoms with Crippen LogP contribution >= 0.6 is 23.2 Å². The van der Waals surface area contributed by atoms with Crippen molar-refractivity contribution in [3.63, 3.8) is 0 Å². The Morgan fingerprint density at radius 3 is 2.54 bits per heavy atom. The number of hydrogen-bond acceptors (Lipinski definition) is 2. The number of halogens is 2. The van der Waals surface area contributed by atoms with Gasteiger partial charge in [-0.3, -0.25) is 0 Å². The normalized spacial score (nSPS) is 11.0. The van der Waals surface area contributed by atoms with E-state index < -0.39 is 5.41 Å². The van der Waals surface area contributed by atoms with E-state index in [1.54, 1.807) is 6.07 Å². The van der Waals surface area contributed by atoms with Crippen LogP contribution in [0.1, 0.15) is 19.4 Å². The van der Waals surface area contributed by atoms with Crippen LogP contribution in [0.5, 0.6) is 0 Å². The smallest absolute Gasteiger partial charge is 0.137 e. The highest BCUT2D eigenvalue weighted by Crippen LogP contribution is 2.28. The average molecular weight is 215 g/mol. The van der Waals surface area contributed by atoms with Gasteiger partial charge in [-0.1, -0.05) is 29.1 Å². The van der Waals surface area contributed by atoms with E-state index in [1.807, 2.05) is 13.8 Å². The van der Waals surface area contributed by atoms with Crippen LogP contribution in [0.3, 0.4) is 0 Å². The van der Waals surface area contributed by atoms with E-state index in [0.717, 1.165) is 5.56 Å². The molecule has 1 aromatic heterocycles. The minimum Gasteiger partial charge on any atom is -0.137 e. The fraction of sp³-hybridized carbons (Fsp3) is 0.333. The molecule has 0 spiro atoms. The molecular weight excluding hydrogens is 207 g/mol. The van der Waals surface area contributed by atoms with Crippen molar-refractivity contribution in [2.45, 2.75) is 19.3 Å². The Kier molecular flexibility index (Phi) is 2.80. The van der Waals surface area contributed by atoms with E-state index in [1.165, 1.54) is 0 Å². The third-order valence-corrected chi connectivity index (χ3v) is 2.22. The van der Waals surface area contributed by atoms with E-state index in [-0.39, 0.29) is 0 Å². The molecule has 1 heterocycles.